The first-order valence-corrected chi connectivity index (χ1v) is 12.6. The number of benzene rings is 3. The maximum absolute atomic E-state index is 13.6. The number of rotatable bonds is 10. The molecule has 0 bridgehead atoms. The number of carbonyl (C=O) groups is 2. The molecular weight excluding hydrogens is 455 g/mol. The Morgan fingerprint density at radius 2 is 1.67 bits per heavy atom. The van der Waals surface area contributed by atoms with Crippen LogP contribution in [0.15, 0.2) is 78.9 Å². The summed E-state index contributed by atoms with van der Waals surface area (Å²) in [4.78, 5) is 28.8. The Hall–Kier alpha value is -3.67. The van der Waals surface area contributed by atoms with Crippen molar-refractivity contribution in [1.29, 1.82) is 0 Å². The number of amides is 2. The van der Waals surface area contributed by atoms with E-state index < -0.39 is 6.04 Å². The molecule has 5 nitrogen and oxygen atoms in total. The summed E-state index contributed by atoms with van der Waals surface area (Å²) in [5.74, 6) is -0.423. The summed E-state index contributed by atoms with van der Waals surface area (Å²) in [6.07, 6.45) is 4.53. The lowest BCUT2D eigenvalue weighted by atomic mass is 10.0. The Bertz CT molecular complexity index is 1140. The highest BCUT2D eigenvalue weighted by molar-refractivity contribution is 5.88. The van der Waals surface area contributed by atoms with E-state index in [9.17, 15) is 14.0 Å². The van der Waals surface area contributed by atoms with Gasteiger partial charge in [0.1, 0.15) is 17.6 Å². The molecule has 1 saturated carbocycles. The van der Waals surface area contributed by atoms with Crippen molar-refractivity contribution in [2.24, 2.45) is 0 Å². The third-order valence-electron chi connectivity index (χ3n) is 6.58. The third-order valence-corrected chi connectivity index (χ3v) is 6.58. The first-order chi connectivity index (χ1) is 17.5. The number of halogens is 1. The average Bonchev–Trinajstić information content (AvgIpc) is 3.39. The fourth-order valence-corrected chi connectivity index (χ4v) is 4.69. The molecule has 3 aromatic rings. The largest absolute Gasteiger partial charge is 0.484 e. The van der Waals surface area contributed by atoms with Crippen molar-refractivity contribution >= 4 is 11.8 Å². The number of carbonyl (C=O) groups excluding carboxylic acids is 2. The van der Waals surface area contributed by atoms with Gasteiger partial charge in [0.2, 0.25) is 5.91 Å². The Morgan fingerprint density at radius 3 is 2.36 bits per heavy atom. The predicted molar refractivity (Wildman–Crippen MR) is 138 cm³/mol. The second kappa shape index (κ2) is 12.3. The highest BCUT2D eigenvalue weighted by Gasteiger charge is 2.32. The SMILES string of the molecule is Cc1cccc(CN(C(=O)COc2ccc(F)cc2)[C@H](Cc2ccccc2)C(=O)NC2CCCC2)c1. The number of nitrogens with one attached hydrogen (secondary N) is 1. The van der Waals surface area contributed by atoms with Gasteiger partial charge in [-0.25, -0.2) is 4.39 Å². The predicted octanol–water partition coefficient (Wildman–Crippen LogP) is 5.21. The van der Waals surface area contributed by atoms with Crippen molar-refractivity contribution in [2.75, 3.05) is 6.61 Å². The van der Waals surface area contributed by atoms with Gasteiger partial charge in [0, 0.05) is 19.0 Å². The Morgan fingerprint density at radius 1 is 0.972 bits per heavy atom. The summed E-state index contributed by atoms with van der Waals surface area (Å²) in [6.45, 7) is 2.03. The van der Waals surface area contributed by atoms with Crippen LogP contribution >= 0.6 is 0 Å². The van der Waals surface area contributed by atoms with Crippen molar-refractivity contribution < 1.29 is 18.7 Å². The third kappa shape index (κ3) is 7.17. The molecule has 1 atom stereocenters. The minimum Gasteiger partial charge on any atom is -0.484 e. The molecule has 1 fully saturated rings. The molecular formula is C30H33FN2O3. The molecule has 188 valence electrons. The summed E-state index contributed by atoms with van der Waals surface area (Å²) < 4.78 is 19.0. The van der Waals surface area contributed by atoms with Crippen LogP contribution in [0.25, 0.3) is 0 Å². The summed E-state index contributed by atoms with van der Waals surface area (Å²) in [7, 11) is 0. The van der Waals surface area contributed by atoms with Gasteiger partial charge >= 0.3 is 0 Å². The normalized spacial score (nSPS) is 14.3. The monoisotopic (exact) mass is 488 g/mol. The maximum Gasteiger partial charge on any atom is 0.261 e. The first-order valence-electron chi connectivity index (χ1n) is 12.6. The topological polar surface area (TPSA) is 58.6 Å². The van der Waals surface area contributed by atoms with Gasteiger partial charge in [0.05, 0.1) is 0 Å². The van der Waals surface area contributed by atoms with Crippen LogP contribution in [0.3, 0.4) is 0 Å². The molecule has 0 aliphatic heterocycles. The van der Waals surface area contributed by atoms with Crippen molar-refractivity contribution in [3.8, 4) is 5.75 Å². The van der Waals surface area contributed by atoms with Crippen LogP contribution in [0.5, 0.6) is 5.75 Å². The zero-order chi connectivity index (χ0) is 25.3. The molecule has 4 rings (SSSR count). The van der Waals surface area contributed by atoms with Gasteiger partial charge in [-0.3, -0.25) is 9.59 Å². The maximum atomic E-state index is 13.6. The van der Waals surface area contributed by atoms with E-state index in [1.54, 1.807) is 4.90 Å². The quantitative estimate of drug-likeness (QED) is 0.426. The zero-order valence-corrected chi connectivity index (χ0v) is 20.7. The van der Waals surface area contributed by atoms with Gasteiger partial charge in [-0.2, -0.15) is 0 Å². The van der Waals surface area contributed by atoms with E-state index in [1.165, 1.54) is 24.3 Å². The first kappa shape index (κ1) is 25.4. The van der Waals surface area contributed by atoms with Crippen LogP contribution in [-0.4, -0.2) is 35.4 Å². The van der Waals surface area contributed by atoms with Crippen LogP contribution in [0.2, 0.25) is 0 Å². The Labute approximate surface area is 212 Å². The average molecular weight is 489 g/mol. The van der Waals surface area contributed by atoms with Crippen LogP contribution in [0.4, 0.5) is 4.39 Å². The highest BCUT2D eigenvalue weighted by atomic mass is 19.1. The van der Waals surface area contributed by atoms with E-state index in [0.717, 1.165) is 42.4 Å². The van der Waals surface area contributed by atoms with E-state index in [0.29, 0.717) is 12.2 Å². The molecule has 0 aromatic heterocycles. The van der Waals surface area contributed by atoms with Gasteiger partial charge in [-0.15, -0.1) is 0 Å². The molecule has 1 aliphatic carbocycles. The fourth-order valence-electron chi connectivity index (χ4n) is 4.69. The van der Waals surface area contributed by atoms with E-state index in [2.05, 4.69) is 5.32 Å². The number of ether oxygens (including phenoxy) is 1. The van der Waals surface area contributed by atoms with Crippen molar-refractivity contribution in [3.05, 3.63) is 101 Å². The van der Waals surface area contributed by atoms with Crippen molar-refractivity contribution in [2.45, 2.75) is 57.7 Å². The van der Waals surface area contributed by atoms with Gasteiger partial charge < -0.3 is 15.0 Å². The van der Waals surface area contributed by atoms with Crippen LogP contribution in [0, 0.1) is 12.7 Å². The fraction of sp³-hybridized carbons (Fsp3) is 0.333. The summed E-state index contributed by atoms with van der Waals surface area (Å²) in [5, 5.41) is 3.20. The molecule has 1 N–H and O–H groups in total. The van der Waals surface area contributed by atoms with Crippen LogP contribution < -0.4 is 10.1 Å². The Balaban J connectivity index is 1.60. The lowest BCUT2D eigenvalue weighted by Gasteiger charge is -2.32. The van der Waals surface area contributed by atoms with Gasteiger partial charge in [0.25, 0.3) is 5.91 Å². The molecule has 0 radical (unpaired) electrons. The molecule has 6 heteroatoms. The molecule has 0 spiro atoms. The summed E-state index contributed by atoms with van der Waals surface area (Å²) in [6, 6.07) is 22.7. The van der Waals surface area contributed by atoms with E-state index in [4.69, 9.17) is 4.74 Å². The molecule has 3 aromatic carbocycles. The highest BCUT2D eigenvalue weighted by Crippen LogP contribution is 2.21. The number of aryl methyl sites for hydroxylation is 1. The van der Waals surface area contributed by atoms with Crippen molar-refractivity contribution in [1.82, 2.24) is 10.2 Å². The second-order valence-corrected chi connectivity index (χ2v) is 9.45. The molecule has 36 heavy (non-hydrogen) atoms. The van der Waals surface area contributed by atoms with Crippen molar-refractivity contribution in [3.63, 3.8) is 0 Å². The van der Waals surface area contributed by atoms with Gasteiger partial charge in [-0.05, 0) is 55.2 Å². The zero-order valence-electron chi connectivity index (χ0n) is 20.7. The molecule has 0 heterocycles. The summed E-state index contributed by atoms with van der Waals surface area (Å²) in [5.41, 5.74) is 3.00. The summed E-state index contributed by atoms with van der Waals surface area (Å²) >= 11 is 0. The molecule has 0 unspecified atom stereocenters. The minimum atomic E-state index is -0.696. The standard InChI is InChI=1S/C30H33FN2O3/c1-22-8-7-11-24(18-22)20-33(29(34)21-36-27-16-14-25(31)15-17-27)28(19-23-9-3-2-4-10-23)30(35)32-26-12-5-6-13-26/h2-4,7-11,14-18,26,28H,5-6,12-13,19-21H2,1H3,(H,32,35)/t28-/m1/s1. The van der Waals surface area contributed by atoms with E-state index >= 15 is 0 Å². The van der Waals surface area contributed by atoms with Gasteiger partial charge in [-0.1, -0.05) is 73.0 Å². The number of hydrogen-bond acceptors (Lipinski definition) is 3. The lowest BCUT2D eigenvalue weighted by Crippen LogP contribution is -2.53. The van der Waals surface area contributed by atoms with E-state index in [-0.39, 0.29) is 36.8 Å². The molecule has 0 saturated heterocycles. The number of hydrogen-bond donors (Lipinski definition) is 1. The minimum absolute atomic E-state index is 0.141. The smallest absolute Gasteiger partial charge is 0.261 e. The molecule has 2 amide bonds. The molecule has 1 aliphatic rings. The van der Waals surface area contributed by atoms with Crippen LogP contribution in [-0.2, 0) is 22.6 Å². The number of nitrogens with zero attached hydrogens (tertiary/aromatic N) is 1. The van der Waals surface area contributed by atoms with E-state index in [1.807, 2.05) is 61.5 Å². The Kier molecular flexibility index (Phi) is 8.71. The van der Waals surface area contributed by atoms with Crippen LogP contribution in [0.1, 0.15) is 42.4 Å². The van der Waals surface area contributed by atoms with Gasteiger partial charge in [0.15, 0.2) is 6.61 Å². The lowest BCUT2D eigenvalue weighted by molar-refractivity contribution is -0.143. The second-order valence-electron chi connectivity index (χ2n) is 9.45.